The van der Waals surface area contributed by atoms with Gasteiger partial charge in [-0.2, -0.15) is 0 Å². The van der Waals surface area contributed by atoms with Gasteiger partial charge < -0.3 is 5.32 Å². The van der Waals surface area contributed by atoms with Crippen LogP contribution in [0, 0.1) is 6.92 Å². The van der Waals surface area contributed by atoms with Crippen molar-refractivity contribution in [3.05, 3.63) is 23.3 Å². The zero-order valence-corrected chi connectivity index (χ0v) is 6.79. The van der Waals surface area contributed by atoms with Crippen molar-refractivity contribution in [2.24, 2.45) is 0 Å². The molecule has 0 radical (unpaired) electrons. The van der Waals surface area contributed by atoms with Crippen molar-refractivity contribution in [3.63, 3.8) is 0 Å². The van der Waals surface area contributed by atoms with E-state index >= 15 is 0 Å². The Kier molecular flexibility index (Phi) is 1.62. The zero-order valence-electron chi connectivity index (χ0n) is 6.79. The largest absolute Gasteiger partial charge is 0.304 e. The van der Waals surface area contributed by atoms with Crippen LogP contribution in [0.25, 0.3) is 0 Å². The third kappa shape index (κ3) is 1.10. The first-order valence-electron chi connectivity index (χ1n) is 3.84. The van der Waals surface area contributed by atoms with Crippen LogP contribution < -0.4 is 5.32 Å². The average molecular weight is 163 g/mol. The molecule has 4 heteroatoms. The van der Waals surface area contributed by atoms with Crippen LogP contribution in [0.5, 0.6) is 0 Å². The molecule has 2 rings (SSSR count). The number of hydrogen-bond acceptors (Lipinski definition) is 4. The van der Waals surface area contributed by atoms with E-state index in [2.05, 4.69) is 15.3 Å². The van der Waals surface area contributed by atoms with Crippen LogP contribution in [0.4, 0.5) is 0 Å². The average Bonchev–Trinajstić information content (AvgIpc) is 2.04. The Balaban J connectivity index is 2.53. The van der Waals surface area contributed by atoms with E-state index in [-0.39, 0.29) is 5.78 Å². The Morgan fingerprint density at radius 1 is 1.50 bits per heavy atom. The molecule has 0 aliphatic carbocycles. The Morgan fingerprint density at radius 3 is 3.17 bits per heavy atom. The summed E-state index contributed by atoms with van der Waals surface area (Å²) in [6, 6.07) is 0. The number of aromatic nitrogens is 2. The van der Waals surface area contributed by atoms with Gasteiger partial charge in [0.1, 0.15) is 5.82 Å². The first-order valence-corrected chi connectivity index (χ1v) is 3.84. The van der Waals surface area contributed by atoms with E-state index in [9.17, 15) is 4.79 Å². The molecule has 1 aliphatic heterocycles. The zero-order chi connectivity index (χ0) is 8.55. The molecular formula is C8H9N3O. The molecule has 62 valence electrons. The van der Waals surface area contributed by atoms with Crippen molar-refractivity contribution < 1.29 is 4.79 Å². The van der Waals surface area contributed by atoms with Crippen molar-refractivity contribution in [3.8, 4) is 0 Å². The first-order chi connectivity index (χ1) is 5.77. The normalized spacial score (nSPS) is 15.9. The number of fused-ring (bicyclic) bond motifs is 1. The van der Waals surface area contributed by atoms with Crippen LogP contribution in [0.2, 0.25) is 0 Å². The summed E-state index contributed by atoms with van der Waals surface area (Å²) in [7, 11) is 0. The lowest BCUT2D eigenvalue weighted by molar-refractivity contribution is 0.0980. The Hall–Kier alpha value is -1.29. The van der Waals surface area contributed by atoms with Crippen LogP contribution >= 0.6 is 0 Å². The van der Waals surface area contributed by atoms with Gasteiger partial charge >= 0.3 is 0 Å². The first kappa shape index (κ1) is 7.36. The summed E-state index contributed by atoms with van der Waals surface area (Å²) in [5.41, 5.74) is 1.48. The maximum absolute atomic E-state index is 11.3. The lowest BCUT2D eigenvalue weighted by Gasteiger charge is -2.13. The highest BCUT2D eigenvalue weighted by atomic mass is 16.1. The molecule has 12 heavy (non-hydrogen) atoms. The van der Waals surface area contributed by atoms with Gasteiger partial charge in [-0.25, -0.2) is 9.97 Å². The fourth-order valence-corrected chi connectivity index (χ4v) is 1.27. The number of aryl methyl sites for hydroxylation is 1. The van der Waals surface area contributed by atoms with Crippen molar-refractivity contribution in [2.75, 3.05) is 6.54 Å². The number of nitrogens with zero attached hydrogens (tertiary/aromatic N) is 2. The van der Waals surface area contributed by atoms with Crippen molar-refractivity contribution >= 4 is 5.78 Å². The van der Waals surface area contributed by atoms with E-state index in [4.69, 9.17) is 0 Å². The second kappa shape index (κ2) is 2.64. The lowest BCUT2D eigenvalue weighted by atomic mass is 10.1. The smallest absolute Gasteiger partial charge is 0.180 e. The van der Waals surface area contributed by atoms with Gasteiger partial charge in [0, 0.05) is 12.7 Å². The molecule has 1 aliphatic rings. The molecule has 0 spiro atoms. The van der Waals surface area contributed by atoms with Gasteiger partial charge in [-0.3, -0.25) is 4.79 Å². The second-order valence-corrected chi connectivity index (χ2v) is 2.80. The number of carbonyl (C=O) groups excluding carboxylic acids is 1. The monoisotopic (exact) mass is 163 g/mol. The lowest BCUT2D eigenvalue weighted by Crippen LogP contribution is -2.30. The quantitative estimate of drug-likeness (QED) is 0.588. The van der Waals surface area contributed by atoms with Crippen LogP contribution in [0.15, 0.2) is 6.20 Å². The fourth-order valence-electron chi connectivity index (χ4n) is 1.27. The van der Waals surface area contributed by atoms with Crippen molar-refractivity contribution in [2.45, 2.75) is 13.5 Å². The van der Waals surface area contributed by atoms with Crippen LogP contribution in [0.3, 0.4) is 0 Å². The SMILES string of the molecule is Cc1ncc2c(n1)CNCC2=O. The maximum Gasteiger partial charge on any atom is 0.180 e. The molecule has 1 N–H and O–H groups in total. The highest BCUT2D eigenvalue weighted by Gasteiger charge is 2.17. The van der Waals surface area contributed by atoms with E-state index < -0.39 is 0 Å². The van der Waals surface area contributed by atoms with Gasteiger partial charge in [-0.1, -0.05) is 0 Å². The Labute approximate surface area is 70.0 Å². The number of rotatable bonds is 0. The molecule has 2 heterocycles. The number of nitrogens with one attached hydrogen (secondary N) is 1. The summed E-state index contributed by atoms with van der Waals surface area (Å²) < 4.78 is 0. The van der Waals surface area contributed by atoms with Gasteiger partial charge in [-0.05, 0) is 6.92 Å². The number of carbonyl (C=O) groups is 1. The summed E-state index contributed by atoms with van der Waals surface area (Å²) in [5, 5.41) is 2.98. The minimum absolute atomic E-state index is 0.0799. The summed E-state index contributed by atoms with van der Waals surface area (Å²) in [4.78, 5) is 19.4. The summed E-state index contributed by atoms with van der Waals surface area (Å²) in [5.74, 6) is 0.793. The molecular weight excluding hydrogens is 154 g/mol. The standard InChI is InChI=1S/C8H9N3O/c1-5-10-2-6-7(11-5)3-9-4-8(6)12/h2,9H,3-4H2,1H3. The molecule has 1 aromatic rings. The number of Topliss-reactive ketones (excluding diaryl/α,β-unsaturated/α-hetero) is 1. The highest BCUT2D eigenvalue weighted by Crippen LogP contribution is 2.09. The van der Waals surface area contributed by atoms with Gasteiger partial charge in [0.15, 0.2) is 5.78 Å². The summed E-state index contributed by atoms with van der Waals surface area (Å²) in [6.45, 7) is 2.89. The molecule has 0 bridgehead atoms. The third-order valence-corrected chi connectivity index (χ3v) is 1.87. The molecule has 4 nitrogen and oxygen atoms in total. The number of ketones is 1. The van der Waals surface area contributed by atoms with Crippen molar-refractivity contribution in [1.82, 2.24) is 15.3 Å². The minimum Gasteiger partial charge on any atom is -0.304 e. The molecule has 0 unspecified atom stereocenters. The maximum atomic E-state index is 11.3. The van der Waals surface area contributed by atoms with E-state index in [1.807, 2.05) is 6.92 Å². The van der Waals surface area contributed by atoms with E-state index in [1.54, 1.807) is 6.20 Å². The van der Waals surface area contributed by atoms with Gasteiger partial charge in [0.25, 0.3) is 0 Å². The Bertz CT molecular complexity index is 335. The van der Waals surface area contributed by atoms with Crippen LogP contribution in [-0.2, 0) is 6.54 Å². The molecule has 1 aromatic heterocycles. The highest BCUT2D eigenvalue weighted by molar-refractivity contribution is 5.99. The molecule has 0 fully saturated rings. The third-order valence-electron chi connectivity index (χ3n) is 1.87. The van der Waals surface area contributed by atoms with Crippen molar-refractivity contribution in [1.29, 1.82) is 0 Å². The molecule has 0 atom stereocenters. The predicted molar refractivity (Wildman–Crippen MR) is 42.8 cm³/mol. The van der Waals surface area contributed by atoms with Crippen LogP contribution in [0.1, 0.15) is 21.9 Å². The fraction of sp³-hybridized carbons (Fsp3) is 0.375. The molecule has 0 saturated carbocycles. The van der Waals surface area contributed by atoms with Gasteiger partial charge in [0.2, 0.25) is 0 Å². The number of hydrogen-bond donors (Lipinski definition) is 1. The molecule has 0 aromatic carbocycles. The van der Waals surface area contributed by atoms with Gasteiger partial charge in [0.05, 0.1) is 17.8 Å². The second-order valence-electron chi connectivity index (χ2n) is 2.80. The summed E-state index contributed by atoms with van der Waals surface area (Å²) in [6.07, 6.45) is 1.61. The Morgan fingerprint density at radius 2 is 2.33 bits per heavy atom. The topological polar surface area (TPSA) is 54.9 Å². The minimum atomic E-state index is 0.0799. The summed E-state index contributed by atoms with van der Waals surface area (Å²) >= 11 is 0. The van der Waals surface area contributed by atoms with E-state index in [1.165, 1.54) is 0 Å². The predicted octanol–water partition coefficient (Wildman–Crippen LogP) is 0.0709. The molecule has 0 saturated heterocycles. The van der Waals surface area contributed by atoms with Crippen LogP contribution in [-0.4, -0.2) is 22.3 Å². The van der Waals surface area contributed by atoms with E-state index in [0.717, 1.165) is 5.69 Å². The van der Waals surface area contributed by atoms with E-state index in [0.29, 0.717) is 24.5 Å². The van der Waals surface area contributed by atoms with Gasteiger partial charge in [-0.15, -0.1) is 0 Å². The molecule has 0 amide bonds.